The molecule has 1 amide bonds. The van der Waals surface area contributed by atoms with Crippen LogP contribution in [0, 0.1) is 0 Å². The van der Waals surface area contributed by atoms with E-state index in [1.807, 2.05) is 6.08 Å². The normalized spacial score (nSPS) is 12.5. The number of carbonyl (C=O) groups is 2. The van der Waals surface area contributed by atoms with Crippen molar-refractivity contribution in [2.75, 3.05) is 13.2 Å². The summed E-state index contributed by atoms with van der Waals surface area (Å²) in [5, 5.41) is 23.2. The van der Waals surface area contributed by atoms with Crippen LogP contribution in [0.5, 0.6) is 0 Å². The lowest BCUT2D eigenvalue weighted by molar-refractivity contribution is -0.143. The molecule has 0 rings (SSSR count). The number of aliphatic hydroxyl groups excluding tert-OH is 2. The Hall–Kier alpha value is -1.40. The van der Waals surface area contributed by atoms with E-state index in [2.05, 4.69) is 19.2 Å². The summed E-state index contributed by atoms with van der Waals surface area (Å²) in [6, 6.07) is -0.623. The molecule has 6 nitrogen and oxygen atoms in total. The van der Waals surface area contributed by atoms with Crippen molar-refractivity contribution in [1.29, 1.82) is 0 Å². The summed E-state index contributed by atoms with van der Waals surface area (Å²) in [6.07, 6.45) is 96.3. The van der Waals surface area contributed by atoms with E-state index < -0.39 is 12.1 Å². The molecule has 0 fully saturated rings. The third-order valence-electron chi connectivity index (χ3n) is 19.1. The second-order valence-electron chi connectivity index (χ2n) is 27.8. The number of carbonyl (C=O) groups excluding carboxylic acids is 2. The molecule has 0 saturated carbocycles. The van der Waals surface area contributed by atoms with Crippen molar-refractivity contribution in [2.24, 2.45) is 0 Å². The minimum Gasteiger partial charge on any atom is -0.466 e. The van der Waals surface area contributed by atoms with Gasteiger partial charge < -0.3 is 20.3 Å². The third kappa shape index (κ3) is 71.7. The maximum atomic E-state index is 12.5. The Morgan fingerprint density at radius 2 is 0.535 bits per heavy atom. The summed E-state index contributed by atoms with van der Waals surface area (Å²) in [7, 11) is 0. The van der Waals surface area contributed by atoms with Gasteiger partial charge in [-0.05, 0) is 32.1 Å². The first-order valence-corrected chi connectivity index (χ1v) is 40.0. The van der Waals surface area contributed by atoms with Gasteiger partial charge in [0.05, 0.1) is 25.4 Å². The van der Waals surface area contributed by atoms with Gasteiger partial charge in [0.25, 0.3) is 0 Å². The molecule has 0 aliphatic heterocycles. The third-order valence-corrected chi connectivity index (χ3v) is 19.1. The van der Waals surface area contributed by atoms with Crippen LogP contribution in [0.1, 0.15) is 463 Å². The molecule has 0 bridgehead atoms. The highest BCUT2D eigenvalue weighted by Crippen LogP contribution is 2.20. The van der Waals surface area contributed by atoms with Gasteiger partial charge in [0.2, 0.25) is 5.91 Å². The number of rotatable bonds is 76. The van der Waals surface area contributed by atoms with Gasteiger partial charge >= 0.3 is 5.97 Å². The number of allylic oxidation sites excluding steroid dienone is 1. The van der Waals surface area contributed by atoms with Crippen molar-refractivity contribution in [1.82, 2.24) is 5.32 Å². The van der Waals surface area contributed by atoms with Crippen molar-refractivity contribution in [2.45, 2.75) is 475 Å². The zero-order valence-corrected chi connectivity index (χ0v) is 58.8. The van der Waals surface area contributed by atoms with Crippen LogP contribution in [-0.4, -0.2) is 47.4 Å². The highest BCUT2D eigenvalue weighted by molar-refractivity contribution is 5.76. The van der Waals surface area contributed by atoms with E-state index in [9.17, 15) is 19.8 Å². The summed E-state index contributed by atoms with van der Waals surface area (Å²) in [6.45, 7) is 4.96. The van der Waals surface area contributed by atoms with Gasteiger partial charge in [-0.15, -0.1) is 0 Å². The fourth-order valence-electron chi connectivity index (χ4n) is 13.0. The fraction of sp³-hybridized carbons (Fsp3) is 0.950. The molecule has 0 spiro atoms. The second kappa shape index (κ2) is 76.1. The summed E-state index contributed by atoms with van der Waals surface area (Å²) in [5.74, 6) is -0.0308. The van der Waals surface area contributed by atoms with Crippen LogP contribution < -0.4 is 5.32 Å². The van der Waals surface area contributed by atoms with E-state index in [4.69, 9.17) is 4.74 Å². The molecule has 0 aromatic heterocycles. The van der Waals surface area contributed by atoms with Crippen LogP contribution in [0.2, 0.25) is 0 Å². The molecule has 2 unspecified atom stereocenters. The Bertz CT molecular complexity index is 1300. The molecule has 0 heterocycles. The fourth-order valence-corrected chi connectivity index (χ4v) is 13.0. The van der Waals surface area contributed by atoms with Crippen molar-refractivity contribution in [3.8, 4) is 0 Å². The molecule has 0 radical (unpaired) electrons. The number of aliphatic hydroxyl groups is 2. The smallest absolute Gasteiger partial charge is 0.305 e. The zero-order chi connectivity index (χ0) is 62.0. The molecule has 0 aliphatic carbocycles. The van der Waals surface area contributed by atoms with Crippen molar-refractivity contribution < 1.29 is 24.5 Å². The number of amides is 1. The number of hydrogen-bond donors (Lipinski definition) is 3. The van der Waals surface area contributed by atoms with Crippen LogP contribution in [0.3, 0.4) is 0 Å². The second-order valence-corrected chi connectivity index (χ2v) is 27.8. The molecule has 86 heavy (non-hydrogen) atoms. The van der Waals surface area contributed by atoms with Gasteiger partial charge in [0.15, 0.2) is 0 Å². The van der Waals surface area contributed by atoms with E-state index in [1.54, 1.807) is 6.08 Å². The predicted octanol–water partition coefficient (Wildman–Crippen LogP) is 26.3. The van der Waals surface area contributed by atoms with Crippen LogP contribution in [0.4, 0.5) is 0 Å². The molecular weight excluding hydrogens is 1050 g/mol. The number of ether oxygens (including phenoxy) is 1. The Balaban J connectivity index is 3.30. The minimum absolute atomic E-state index is 0.0280. The average molecular weight is 1210 g/mol. The van der Waals surface area contributed by atoms with E-state index in [0.29, 0.717) is 19.4 Å². The molecule has 2 atom stereocenters. The minimum atomic E-state index is -0.840. The van der Waals surface area contributed by atoms with Gasteiger partial charge in [-0.3, -0.25) is 9.59 Å². The molecule has 0 saturated heterocycles. The summed E-state index contributed by atoms with van der Waals surface area (Å²) in [5.41, 5.74) is 0. The van der Waals surface area contributed by atoms with Gasteiger partial charge in [-0.25, -0.2) is 0 Å². The van der Waals surface area contributed by atoms with Gasteiger partial charge in [0.1, 0.15) is 0 Å². The summed E-state index contributed by atoms with van der Waals surface area (Å²) >= 11 is 0. The van der Waals surface area contributed by atoms with Gasteiger partial charge in [-0.2, -0.15) is 0 Å². The first-order chi connectivity index (χ1) is 42.5. The zero-order valence-electron chi connectivity index (χ0n) is 58.8. The van der Waals surface area contributed by atoms with Crippen LogP contribution in [0.15, 0.2) is 12.2 Å². The topological polar surface area (TPSA) is 95.9 Å². The lowest BCUT2D eigenvalue weighted by Gasteiger charge is -2.20. The summed E-state index contributed by atoms with van der Waals surface area (Å²) < 4.78 is 5.52. The Kier molecular flexibility index (Phi) is 74.8. The molecule has 0 aromatic rings. The monoisotopic (exact) mass is 1210 g/mol. The number of unbranched alkanes of at least 4 members (excludes halogenated alkanes) is 65. The van der Waals surface area contributed by atoms with Crippen molar-refractivity contribution in [3.63, 3.8) is 0 Å². The molecular formula is C80H157NO5. The largest absolute Gasteiger partial charge is 0.466 e. The average Bonchev–Trinajstić information content (AvgIpc) is 3.55. The highest BCUT2D eigenvalue weighted by Gasteiger charge is 2.18. The van der Waals surface area contributed by atoms with Crippen LogP contribution >= 0.6 is 0 Å². The first-order valence-electron chi connectivity index (χ1n) is 40.0. The highest BCUT2D eigenvalue weighted by atomic mass is 16.5. The summed E-state index contributed by atoms with van der Waals surface area (Å²) in [4.78, 5) is 24.6. The van der Waals surface area contributed by atoms with Crippen molar-refractivity contribution in [3.05, 3.63) is 12.2 Å². The van der Waals surface area contributed by atoms with Crippen LogP contribution in [0.25, 0.3) is 0 Å². The predicted molar refractivity (Wildman–Crippen MR) is 380 cm³/mol. The van der Waals surface area contributed by atoms with E-state index in [1.165, 1.54) is 398 Å². The van der Waals surface area contributed by atoms with E-state index >= 15 is 0 Å². The lowest BCUT2D eigenvalue weighted by Crippen LogP contribution is -2.45. The lowest BCUT2D eigenvalue weighted by atomic mass is 10.0. The van der Waals surface area contributed by atoms with Crippen LogP contribution in [-0.2, 0) is 14.3 Å². The molecule has 0 aromatic carbocycles. The Morgan fingerprint density at radius 3 is 0.791 bits per heavy atom. The standard InChI is InChI=1S/C80H157NO5/c1-3-5-7-9-11-13-15-17-19-21-42-46-50-54-58-62-66-70-74-80(85)86-75-71-67-63-59-55-51-47-43-40-38-36-34-32-30-28-26-24-22-23-25-27-29-31-33-35-37-39-41-45-49-53-57-61-65-69-73-79(84)81-77(76-82)78(83)72-68-64-60-56-52-48-44-20-18-16-14-12-10-8-6-4-2/h68,72,77-78,82-83H,3-67,69-71,73-76H2,1-2H3,(H,81,84)/b72-68+. The van der Waals surface area contributed by atoms with Crippen molar-refractivity contribution >= 4 is 11.9 Å². The number of hydrogen-bond acceptors (Lipinski definition) is 5. The Morgan fingerprint density at radius 1 is 0.314 bits per heavy atom. The maximum Gasteiger partial charge on any atom is 0.305 e. The van der Waals surface area contributed by atoms with E-state index in [0.717, 1.165) is 38.5 Å². The molecule has 6 heteroatoms. The first kappa shape index (κ1) is 84.6. The molecule has 512 valence electrons. The SMILES string of the molecule is CCCCCCCCCCCCCCCC/C=C/C(O)C(CO)NC(=O)CCCCCCCCCCCCCCCCCCCCCCCCCCCCCCCCCCCCCOC(=O)CCCCCCCCCCCCCCCCCCCC. The Labute approximate surface area is 539 Å². The molecule has 3 N–H and O–H groups in total. The number of nitrogens with one attached hydrogen (secondary N) is 1. The quantitative estimate of drug-likeness (QED) is 0.0320. The van der Waals surface area contributed by atoms with Gasteiger partial charge in [0, 0.05) is 12.8 Å². The maximum absolute atomic E-state index is 12.5. The van der Waals surface area contributed by atoms with E-state index in [-0.39, 0.29) is 18.5 Å². The molecule has 0 aliphatic rings. The number of esters is 1. The van der Waals surface area contributed by atoms with Gasteiger partial charge in [-0.1, -0.05) is 431 Å².